The van der Waals surface area contributed by atoms with Gasteiger partial charge in [-0.15, -0.1) is 0 Å². The lowest BCUT2D eigenvalue weighted by atomic mass is 9.82. The predicted octanol–water partition coefficient (Wildman–Crippen LogP) is 2.86. The van der Waals surface area contributed by atoms with Crippen LogP contribution < -0.4 is 5.32 Å². The van der Waals surface area contributed by atoms with Crippen LogP contribution >= 0.6 is 15.9 Å². The molecule has 0 unspecified atom stereocenters. The predicted molar refractivity (Wildman–Crippen MR) is 70.7 cm³/mol. The minimum atomic E-state index is -0.912. The highest BCUT2D eigenvalue weighted by atomic mass is 79.9. The third kappa shape index (κ3) is 6.88. The SMILES string of the molecule is O=C(O)NCC1CCC(COCCCBr)CC1. The van der Waals surface area contributed by atoms with Gasteiger partial charge in [0.05, 0.1) is 0 Å². The van der Waals surface area contributed by atoms with Gasteiger partial charge in [-0.05, 0) is 43.9 Å². The number of halogens is 1. The van der Waals surface area contributed by atoms with Crippen molar-refractivity contribution in [3.8, 4) is 0 Å². The average molecular weight is 308 g/mol. The third-order valence-corrected chi connectivity index (χ3v) is 3.84. The molecule has 0 heterocycles. The maximum Gasteiger partial charge on any atom is 0.404 e. The number of carboxylic acid groups (broad SMARTS) is 1. The molecule has 0 aromatic rings. The Morgan fingerprint density at radius 1 is 1.29 bits per heavy atom. The number of hydrogen-bond donors (Lipinski definition) is 2. The van der Waals surface area contributed by atoms with Gasteiger partial charge < -0.3 is 15.2 Å². The van der Waals surface area contributed by atoms with E-state index >= 15 is 0 Å². The van der Waals surface area contributed by atoms with E-state index in [-0.39, 0.29) is 0 Å². The topological polar surface area (TPSA) is 58.6 Å². The average Bonchev–Trinajstić information content (AvgIpc) is 2.33. The summed E-state index contributed by atoms with van der Waals surface area (Å²) in [6.45, 7) is 2.31. The molecule has 1 saturated carbocycles. The number of nitrogens with one attached hydrogen (secondary N) is 1. The van der Waals surface area contributed by atoms with Crippen molar-refractivity contribution in [2.75, 3.05) is 25.1 Å². The van der Waals surface area contributed by atoms with Crippen LogP contribution in [0.1, 0.15) is 32.1 Å². The van der Waals surface area contributed by atoms with E-state index in [1.807, 2.05) is 0 Å². The Bertz CT molecular complexity index is 218. The Hall–Kier alpha value is -0.290. The van der Waals surface area contributed by atoms with Gasteiger partial charge in [0.15, 0.2) is 0 Å². The maximum absolute atomic E-state index is 10.4. The Kier molecular flexibility index (Phi) is 7.60. The van der Waals surface area contributed by atoms with Crippen LogP contribution in [0.5, 0.6) is 0 Å². The second kappa shape index (κ2) is 8.75. The normalized spacial score (nSPS) is 24.5. The van der Waals surface area contributed by atoms with Gasteiger partial charge in [0.25, 0.3) is 0 Å². The van der Waals surface area contributed by atoms with Crippen LogP contribution in [0.25, 0.3) is 0 Å². The number of alkyl halides is 1. The van der Waals surface area contributed by atoms with Gasteiger partial charge in [-0.1, -0.05) is 15.9 Å². The zero-order valence-electron chi connectivity index (χ0n) is 10.2. The third-order valence-electron chi connectivity index (χ3n) is 3.28. The first-order valence-corrected chi connectivity index (χ1v) is 7.45. The van der Waals surface area contributed by atoms with Crippen LogP contribution in [0, 0.1) is 11.8 Å². The van der Waals surface area contributed by atoms with Crippen LogP contribution in [0.4, 0.5) is 4.79 Å². The molecule has 0 saturated heterocycles. The van der Waals surface area contributed by atoms with Crippen molar-refractivity contribution >= 4 is 22.0 Å². The molecule has 0 spiro atoms. The first kappa shape index (κ1) is 14.8. The summed E-state index contributed by atoms with van der Waals surface area (Å²) in [6, 6.07) is 0. The summed E-state index contributed by atoms with van der Waals surface area (Å²) >= 11 is 3.38. The summed E-state index contributed by atoms with van der Waals surface area (Å²) in [5.74, 6) is 1.19. The molecule has 1 aliphatic carbocycles. The summed E-state index contributed by atoms with van der Waals surface area (Å²) in [5.41, 5.74) is 0. The Morgan fingerprint density at radius 2 is 1.94 bits per heavy atom. The van der Waals surface area contributed by atoms with E-state index in [4.69, 9.17) is 9.84 Å². The minimum absolute atomic E-state index is 0.518. The second-order valence-electron chi connectivity index (χ2n) is 4.69. The van der Waals surface area contributed by atoms with Gasteiger partial charge in [-0.2, -0.15) is 0 Å². The Balaban J connectivity index is 2.03. The number of rotatable bonds is 7. The number of ether oxygens (including phenoxy) is 1. The molecule has 0 bridgehead atoms. The molecule has 0 aromatic heterocycles. The standard InChI is InChI=1S/C12H22BrNO3/c13-6-1-7-17-9-11-4-2-10(3-5-11)8-14-12(15)16/h10-11,14H,1-9H2,(H,15,16). The molecule has 0 atom stereocenters. The molecule has 1 fully saturated rings. The number of amides is 1. The van der Waals surface area contributed by atoms with Crippen molar-refractivity contribution in [1.82, 2.24) is 5.32 Å². The molecule has 1 aliphatic rings. The highest BCUT2D eigenvalue weighted by Crippen LogP contribution is 2.28. The molecule has 1 rings (SSSR count). The van der Waals surface area contributed by atoms with Crippen LogP contribution in [-0.4, -0.2) is 36.3 Å². The quantitative estimate of drug-likeness (QED) is 0.561. The molecule has 4 nitrogen and oxygen atoms in total. The van der Waals surface area contributed by atoms with Crippen molar-refractivity contribution in [3.05, 3.63) is 0 Å². The lowest BCUT2D eigenvalue weighted by molar-refractivity contribution is 0.0785. The first-order chi connectivity index (χ1) is 8.22. The van der Waals surface area contributed by atoms with Crippen LogP contribution in [0.2, 0.25) is 0 Å². The van der Waals surface area contributed by atoms with Gasteiger partial charge in [-0.25, -0.2) is 4.79 Å². The van der Waals surface area contributed by atoms with Crippen molar-refractivity contribution in [3.63, 3.8) is 0 Å². The molecule has 17 heavy (non-hydrogen) atoms. The molecular weight excluding hydrogens is 286 g/mol. The van der Waals surface area contributed by atoms with E-state index in [0.717, 1.165) is 37.8 Å². The molecule has 1 amide bonds. The summed E-state index contributed by atoms with van der Waals surface area (Å²) < 4.78 is 5.61. The van der Waals surface area contributed by atoms with Crippen LogP contribution in [0.15, 0.2) is 0 Å². The zero-order chi connectivity index (χ0) is 12.5. The summed E-state index contributed by atoms with van der Waals surface area (Å²) in [5, 5.41) is 12.0. The van der Waals surface area contributed by atoms with E-state index in [1.165, 1.54) is 12.8 Å². The summed E-state index contributed by atoms with van der Waals surface area (Å²) in [7, 11) is 0. The fourth-order valence-electron chi connectivity index (χ4n) is 2.24. The fraction of sp³-hybridized carbons (Fsp3) is 0.917. The summed E-state index contributed by atoms with van der Waals surface area (Å²) in [6.07, 6.45) is 4.73. The van der Waals surface area contributed by atoms with E-state index in [0.29, 0.717) is 18.4 Å². The molecule has 2 N–H and O–H groups in total. The number of hydrogen-bond acceptors (Lipinski definition) is 2. The van der Waals surface area contributed by atoms with Crippen molar-refractivity contribution in [2.24, 2.45) is 11.8 Å². The Morgan fingerprint density at radius 3 is 2.53 bits per heavy atom. The molecule has 5 heteroatoms. The van der Waals surface area contributed by atoms with E-state index < -0.39 is 6.09 Å². The van der Waals surface area contributed by atoms with E-state index in [2.05, 4.69) is 21.2 Å². The van der Waals surface area contributed by atoms with E-state index in [1.54, 1.807) is 0 Å². The zero-order valence-corrected chi connectivity index (χ0v) is 11.7. The lowest BCUT2D eigenvalue weighted by Crippen LogP contribution is -2.30. The maximum atomic E-state index is 10.4. The lowest BCUT2D eigenvalue weighted by Gasteiger charge is -2.28. The monoisotopic (exact) mass is 307 g/mol. The molecule has 0 aromatic carbocycles. The fourth-order valence-corrected chi connectivity index (χ4v) is 2.47. The van der Waals surface area contributed by atoms with Gasteiger partial charge in [-0.3, -0.25) is 0 Å². The van der Waals surface area contributed by atoms with Gasteiger partial charge in [0.2, 0.25) is 0 Å². The van der Waals surface area contributed by atoms with Crippen LogP contribution in [0.3, 0.4) is 0 Å². The van der Waals surface area contributed by atoms with Crippen molar-refractivity contribution in [2.45, 2.75) is 32.1 Å². The number of carbonyl (C=O) groups is 1. The first-order valence-electron chi connectivity index (χ1n) is 6.33. The molecule has 0 radical (unpaired) electrons. The minimum Gasteiger partial charge on any atom is -0.465 e. The Labute approximate surface area is 111 Å². The van der Waals surface area contributed by atoms with Gasteiger partial charge in [0, 0.05) is 25.1 Å². The molecule has 0 aliphatic heterocycles. The van der Waals surface area contributed by atoms with Gasteiger partial charge in [0.1, 0.15) is 0 Å². The summed E-state index contributed by atoms with van der Waals surface area (Å²) in [4.78, 5) is 10.4. The van der Waals surface area contributed by atoms with Crippen molar-refractivity contribution < 1.29 is 14.6 Å². The van der Waals surface area contributed by atoms with E-state index in [9.17, 15) is 4.79 Å². The van der Waals surface area contributed by atoms with Crippen molar-refractivity contribution in [1.29, 1.82) is 0 Å². The molecule has 100 valence electrons. The van der Waals surface area contributed by atoms with Crippen LogP contribution in [-0.2, 0) is 4.74 Å². The highest BCUT2D eigenvalue weighted by molar-refractivity contribution is 9.09. The largest absolute Gasteiger partial charge is 0.465 e. The highest BCUT2D eigenvalue weighted by Gasteiger charge is 2.21. The van der Waals surface area contributed by atoms with Gasteiger partial charge >= 0.3 is 6.09 Å². The smallest absolute Gasteiger partial charge is 0.404 e. The second-order valence-corrected chi connectivity index (χ2v) is 5.48. The molecular formula is C12H22BrNO3.